The maximum absolute atomic E-state index is 3.09. The summed E-state index contributed by atoms with van der Waals surface area (Å²) >= 11 is 0. The van der Waals surface area contributed by atoms with Crippen molar-refractivity contribution < 1.29 is 5.48 Å². The van der Waals surface area contributed by atoms with E-state index in [1.54, 1.807) is 0 Å². The zero-order valence-electron chi connectivity index (χ0n) is 6.57. The van der Waals surface area contributed by atoms with E-state index in [9.17, 15) is 0 Å². The van der Waals surface area contributed by atoms with E-state index in [-0.39, 0.29) is 5.48 Å². The van der Waals surface area contributed by atoms with E-state index in [2.05, 4.69) is 24.2 Å². The second-order valence-electron chi connectivity index (χ2n) is 2.00. The summed E-state index contributed by atoms with van der Waals surface area (Å²) in [5.41, 5.74) is 0. The predicted octanol–water partition coefficient (Wildman–Crippen LogP) is -0.667. The van der Waals surface area contributed by atoms with Gasteiger partial charge in [0.25, 0.3) is 0 Å². The largest absolute Gasteiger partial charge is 0.412 e. The Kier molecular flexibility index (Phi) is 10.2. The number of hydrogen-bond donors (Lipinski definition) is 1. The van der Waals surface area contributed by atoms with Crippen molar-refractivity contribution in [1.82, 2.24) is 10.2 Å². The van der Waals surface area contributed by atoms with Crippen LogP contribution in [0.25, 0.3) is 0 Å². The highest BCUT2D eigenvalue weighted by Gasteiger charge is 1.88. The average molecular weight is 134 g/mol. The Bertz CT molecular complexity index is 50.3. The van der Waals surface area contributed by atoms with Crippen LogP contribution in [0.2, 0.25) is 0 Å². The number of nitrogens with one attached hydrogen (secondary N) is 1. The van der Waals surface area contributed by atoms with Crippen LogP contribution < -0.4 is 5.32 Å². The second kappa shape index (κ2) is 7.88. The zero-order chi connectivity index (χ0) is 6.41. The van der Waals surface area contributed by atoms with Gasteiger partial charge in [0, 0.05) is 13.1 Å². The molecule has 3 N–H and O–H groups in total. The van der Waals surface area contributed by atoms with E-state index < -0.39 is 0 Å². The normalized spacial score (nSPS) is 9.33. The molecule has 9 heavy (non-hydrogen) atoms. The van der Waals surface area contributed by atoms with Crippen LogP contribution in [0.4, 0.5) is 0 Å². The first kappa shape index (κ1) is 11.6. The first-order chi connectivity index (χ1) is 3.81. The van der Waals surface area contributed by atoms with E-state index in [1.807, 2.05) is 7.05 Å². The van der Waals surface area contributed by atoms with E-state index in [0.717, 1.165) is 19.6 Å². The van der Waals surface area contributed by atoms with E-state index in [0.29, 0.717) is 0 Å². The van der Waals surface area contributed by atoms with E-state index >= 15 is 0 Å². The molecule has 0 heterocycles. The Morgan fingerprint density at radius 1 is 1.44 bits per heavy atom. The molecule has 0 aromatic rings. The van der Waals surface area contributed by atoms with Crippen LogP contribution in [0.3, 0.4) is 0 Å². The summed E-state index contributed by atoms with van der Waals surface area (Å²) in [7, 11) is 4.10. The molecule has 0 fully saturated rings. The van der Waals surface area contributed by atoms with Crippen molar-refractivity contribution in [2.45, 2.75) is 6.92 Å². The summed E-state index contributed by atoms with van der Waals surface area (Å²) in [4.78, 5) is 2.27. The van der Waals surface area contributed by atoms with Crippen LogP contribution in [-0.2, 0) is 0 Å². The van der Waals surface area contributed by atoms with Crippen molar-refractivity contribution in [1.29, 1.82) is 0 Å². The molecule has 0 saturated heterocycles. The Labute approximate surface area is 57.4 Å². The van der Waals surface area contributed by atoms with Crippen molar-refractivity contribution in [3.8, 4) is 0 Å². The van der Waals surface area contributed by atoms with Gasteiger partial charge < -0.3 is 15.7 Å². The Balaban J connectivity index is 0. The molecule has 0 aliphatic heterocycles. The molecule has 0 unspecified atom stereocenters. The molecule has 0 radical (unpaired) electrons. The monoisotopic (exact) mass is 134 g/mol. The van der Waals surface area contributed by atoms with Gasteiger partial charge in [-0.15, -0.1) is 0 Å². The molecule has 0 bridgehead atoms. The molecule has 0 atom stereocenters. The molecule has 0 aliphatic rings. The standard InChI is InChI=1S/C6H16N2.H2O/c1-4-8(3)6-5-7-2;/h7H,4-6H2,1-3H3;1H2. The van der Waals surface area contributed by atoms with Gasteiger partial charge in [-0.2, -0.15) is 0 Å². The highest BCUT2D eigenvalue weighted by atomic mass is 16.0. The molecule has 3 heteroatoms. The molecule has 0 aromatic heterocycles. The summed E-state index contributed by atoms with van der Waals surface area (Å²) in [6, 6.07) is 0. The lowest BCUT2D eigenvalue weighted by Gasteiger charge is -2.11. The smallest absolute Gasteiger partial charge is 0.0104 e. The fraction of sp³-hybridized carbons (Fsp3) is 1.00. The third-order valence-electron chi connectivity index (χ3n) is 1.28. The van der Waals surface area contributed by atoms with Gasteiger partial charge in [0.2, 0.25) is 0 Å². The summed E-state index contributed by atoms with van der Waals surface area (Å²) in [6.45, 7) is 5.54. The number of rotatable bonds is 4. The minimum atomic E-state index is 0. The molecule has 0 amide bonds. The first-order valence-electron chi connectivity index (χ1n) is 3.14. The van der Waals surface area contributed by atoms with Gasteiger partial charge in [-0.1, -0.05) is 6.92 Å². The van der Waals surface area contributed by atoms with Crippen molar-refractivity contribution in [2.24, 2.45) is 0 Å². The fourth-order valence-corrected chi connectivity index (χ4v) is 0.461. The molecule has 0 saturated carbocycles. The molecule has 58 valence electrons. The third-order valence-corrected chi connectivity index (χ3v) is 1.28. The molecule has 0 aromatic carbocycles. The Morgan fingerprint density at radius 2 is 2.00 bits per heavy atom. The topological polar surface area (TPSA) is 46.8 Å². The van der Waals surface area contributed by atoms with E-state index in [1.165, 1.54) is 0 Å². The molecular formula is C6H18N2O. The van der Waals surface area contributed by atoms with Crippen molar-refractivity contribution >= 4 is 0 Å². The Hall–Kier alpha value is -0.120. The van der Waals surface area contributed by atoms with Gasteiger partial charge in [-0.25, -0.2) is 0 Å². The highest BCUT2D eigenvalue weighted by molar-refractivity contribution is 4.47. The summed E-state index contributed by atoms with van der Waals surface area (Å²) < 4.78 is 0. The number of nitrogens with zero attached hydrogens (tertiary/aromatic N) is 1. The minimum Gasteiger partial charge on any atom is -0.412 e. The predicted molar refractivity (Wildman–Crippen MR) is 40.7 cm³/mol. The van der Waals surface area contributed by atoms with Crippen LogP contribution in [0, 0.1) is 0 Å². The Morgan fingerprint density at radius 3 is 2.33 bits per heavy atom. The quantitative estimate of drug-likeness (QED) is 0.554. The van der Waals surface area contributed by atoms with Gasteiger partial charge in [0.15, 0.2) is 0 Å². The molecular weight excluding hydrogens is 116 g/mol. The van der Waals surface area contributed by atoms with Crippen molar-refractivity contribution in [2.75, 3.05) is 33.7 Å². The van der Waals surface area contributed by atoms with Crippen LogP contribution in [0.5, 0.6) is 0 Å². The van der Waals surface area contributed by atoms with E-state index in [4.69, 9.17) is 0 Å². The van der Waals surface area contributed by atoms with Crippen molar-refractivity contribution in [3.05, 3.63) is 0 Å². The van der Waals surface area contributed by atoms with Gasteiger partial charge in [0.05, 0.1) is 0 Å². The van der Waals surface area contributed by atoms with Gasteiger partial charge in [-0.05, 0) is 20.6 Å². The fourth-order valence-electron chi connectivity index (χ4n) is 0.461. The SMILES string of the molecule is CCN(C)CCNC.O. The lowest BCUT2D eigenvalue weighted by molar-refractivity contribution is 0.354. The lowest BCUT2D eigenvalue weighted by atomic mass is 10.5. The molecule has 0 rings (SSSR count). The molecule has 0 aliphatic carbocycles. The maximum atomic E-state index is 3.09. The second-order valence-corrected chi connectivity index (χ2v) is 2.00. The molecule has 0 spiro atoms. The maximum Gasteiger partial charge on any atom is 0.0104 e. The lowest BCUT2D eigenvalue weighted by Crippen LogP contribution is -2.26. The average Bonchev–Trinajstić information content (AvgIpc) is 1.83. The third kappa shape index (κ3) is 7.88. The highest BCUT2D eigenvalue weighted by Crippen LogP contribution is 1.75. The van der Waals surface area contributed by atoms with Gasteiger partial charge >= 0.3 is 0 Å². The number of hydrogen-bond acceptors (Lipinski definition) is 2. The number of likely N-dealkylation sites (N-methyl/N-ethyl adjacent to an activating group) is 2. The minimum absolute atomic E-state index is 0. The van der Waals surface area contributed by atoms with Crippen LogP contribution >= 0.6 is 0 Å². The molecule has 3 nitrogen and oxygen atoms in total. The van der Waals surface area contributed by atoms with Crippen LogP contribution in [0.1, 0.15) is 6.92 Å². The van der Waals surface area contributed by atoms with Crippen LogP contribution in [-0.4, -0.2) is 44.1 Å². The zero-order valence-corrected chi connectivity index (χ0v) is 6.57. The van der Waals surface area contributed by atoms with Crippen LogP contribution in [0.15, 0.2) is 0 Å². The first-order valence-corrected chi connectivity index (χ1v) is 3.14. The van der Waals surface area contributed by atoms with Gasteiger partial charge in [-0.3, -0.25) is 0 Å². The van der Waals surface area contributed by atoms with Gasteiger partial charge in [0.1, 0.15) is 0 Å². The summed E-state index contributed by atoms with van der Waals surface area (Å²) in [5.74, 6) is 0. The summed E-state index contributed by atoms with van der Waals surface area (Å²) in [6.07, 6.45) is 0. The van der Waals surface area contributed by atoms with Crippen molar-refractivity contribution in [3.63, 3.8) is 0 Å². The summed E-state index contributed by atoms with van der Waals surface area (Å²) in [5, 5.41) is 3.09.